The zero-order valence-corrected chi connectivity index (χ0v) is 14.0. The third-order valence-electron chi connectivity index (χ3n) is 4.48. The Balaban J connectivity index is 2.10. The minimum atomic E-state index is -3.45. The van der Waals surface area contributed by atoms with Crippen LogP contribution in [0.25, 0.3) is 0 Å². The number of aromatic nitrogens is 1. The number of sulfonamides is 1. The van der Waals surface area contributed by atoms with Crippen molar-refractivity contribution < 1.29 is 8.42 Å². The van der Waals surface area contributed by atoms with Crippen LogP contribution in [0.3, 0.4) is 0 Å². The molecule has 0 spiro atoms. The molecule has 1 fully saturated rings. The molecule has 1 aliphatic rings. The Morgan fingerprint density at radius 2 is 2.00 bits per heavy atom. The van der Waals surface area contributed by atoms with Crippen LogP contribution in [-0.2, 0) is 23.1 Å². The molecule has 0 atom stereocenters. The highest BCUT2D eigenvalue weighted by atomic mass is 32.2. The zero-order valence-electron chi connectivity index (χ0n) is 13.2. The highest BCUT2D eigenvalue weighted by Gasteiger charge is 2.30. The van der Waals surface area contributed by atoms with Gasteiger partial charge in [0.15, 0.2) is 0 Å². The second-order valence-corrected chi connectivity index (χ2v) is 8.43. The highest BCUT2D eigenvalue weighted by Crippen LogP contribution is 2.35. The van der Waals surface area contributed by atoms with Gasteiger partial charge in [0.05, 0.1) is 4.90 Å². The first-order valence-corrected chi connectivity index (χ1v) is 9.17. The van der Waals surface area contributed by atoms with Gasteiger partial charge in [0, 0.05) is 31.0 Å². The number of hydrogen-bond acceptors (Lipinski definition) is 3. The maximum Gasteiger partial charge on any atom is 0.242 e. The number of aryl methyl sites for hydroxylation is 1. The summed E-state index contributed by atoms with van der Waals surface area (Å²) in [5, 5.41) is 0. The van der Waals surface area contributed by atoms with E-state index in [2.05, 4.69) is 18.6 Å². The van der Waals surface area contributed by atoms with E-state index in [0.29, 0.717) is 16.9 Å². The average molecular weight is 313 g/mol. The number of nitrogens with one attached hydrogen (secondary N) is 1. The Morgan fingerprint density at radius 1 is 1.38 bits per heavy atom. The van der Waals surface area contributed by atoms with E-state index in [4.69, 9.17) is 5.73 Å². The summed E-state index contributed by atoms with van der Waals surface area (Å²) in [5.41, 5.74) is 6.84. The third kappa shape index (κ3) is 3.87. The maximum atomic E-state index is 12.5. The van der Waals surface area contributed by atoms with Crippen LogP contribution in [0.15, 0.2) is 17.2 Å². The van der Waals surface area contributed by atoms with Gasteiger partial charge in [0.2, 0.25) is 10.0 Å². The van der Waals surface area contributed by atoms with E-state index in [9.17, 15) is 8.42 Å². The SMILES string of the molecule is CCn1cc(S(=O)(=O)NC2CCC(C)(C)CC2)cc1CN. The summed E-state index contributed by atoms with van der Waals surface area (Å²) < 4.78 is 29.7. The Kier molecular flexibility index (Phi) is 4.80. The largest absolute Gasteiger partial charge is 0.349 e. The van der Waals surface area contributed by atoms with Crippen LogP contribution in [0.5, 0.6) is 0 Å². The minimum Gasteiger partial charge on any atom is -0.349 e. The van der Waals surface area contributed by atoms with Gasteiger partial charge in [-0.15, -0.1) is 0 Å². The van der Waals surface area contributed by atoms with Crippen LogP contribution in [0.4, 0.5) is 0 Å². The monoisotopic (exact) mass is 313 g/mol. The van der Waals surface area contributed by atoms with Crippen molar-refractivity contribution in [3.8, 4) is 0 Å². The van der Waals surface area contributed by atoms with E-state index in [0.717, 1.165) is 37.9 Å². The molecule has 5 nitrogen and oxygen atoms in total. The molecular weight excluding hydrogens is 286 g/mol. The molecule has 0 aromatic carbocycles. The molecule has 21 heavy (non-hydrogen) atoms. The van der Waals surface area contributed by atoms with Crippen molar-refractivity contribution in [1.82, 2.24) is 9.29 Å². The van der Waals surface area contributed by atoms with E-state index in [1.807, 2.05) is 11.5 Å². The molecule has 1 aliphatic carbocycles. The van der Waals surface area contributed by atoms with Crippen molar-refractivity contribution in [3.05, 3.63) is 18.0 Å². The minimum absolute atomic E-state index is 0.0503. The maximum absolute atomic E-state index is 12.5. The van der Waals surface area contributed by atoms with Crippen molar-refractivity contribution in [3.63, 3.8) is 0 Å². The molecule has 2 rings (SSSR count). The van der Waals surface area contributed by atoms with E-state index < -0.39 is 10.0 Å². The number of hydrogen-bond donors (Lipinski definition) is 2. The topological polar surface area (TPSA) is 77.1 Å². The summed E-state index contributed by atoms with van der Waals surface area (Å²) in [6.45, 7) is 7.53. The first-order chi connectivity index (χ1) is 9.77. The predicted molar refractivity (Wildman–Crippen MR) is 84.4 cm³/mol. The second kappa shape index (κ2) is 6.10. The average Bonchev–Trinajstić information content (AvgIpc) is 2.85. The van der Waals surface area contributed by atoms with Crippen LogP contribution in [0, 0.1) is 5.41 Å². The van der Waals surface area contributed by atoms with Crippen LogP contribution in [-0.4, -0.2) is 19.0 Å². The molecular formula is C15H27N3O2S. The molecule has 0 saturated heterocycles. The van der Waals surface area contributed by atoms with Crippen molar-refractivity contribution in [2.45, 2.75) is 70.5 Å². The van der Waals surface area contributed by atoms with Gasteiger partial charge in [-0.05, 0) is 44.1 Å². The lowest BCUT2D eigenvalue weighted by molar-refractivity contribution is 0.218. The summed E-state index contributed by atoms with van der Waals surface area (Å²) >= 11 is 0. The van der Waals surface area contributed by atoms with Crippen molar-refractivity contribution in [2.24, 2.45) is 11.1 Å². The normalized spacial score (nSPS) is 19.8. The van der Waals surface area contributed by atoms with Crippen LogP contribution in [0.1, 0.15) is 52.1 Å². The molecule has 3 N–H and O–H groups in total. The molecule has 120 valence electrons. The van der Waals surface area contributed by atoms with Crippen molar-refractivity contribution in [1.29, 1.82) is 0 Å². The fourth-order valence-electron chi connectivity index (χ4n) is 2.94. The molecule has 1 heterocycles. The summed E-state index contributed by atoms with van der Waals surface area (Å²) in [5.74, 6) is 0. The first kappa shape index (κ1) is 16.5. The van der Waals surface area contributed by atoms with Crippen molar-refractivity contribution >= 4 is 10.0 Å². The molecule has 1 aromatic heterocycles. The Bertz CT molecular complexity index is 559. The quantitative estimate of drug-likeness (QED) is 0.875. The van der Waals surface area contributed by atoms with Gasteiger partial charge in [-0.3, -0.25) is 0 Å². The number of nitrogens with zero attached hydrogens (tertiary/aromatic N) is 1. The fourth-order valence-corrected chi connectivity index (χ4v) is 4.31. The standard InChI is InChI=1S/C15H27N3O2S/c1-4-18-11-14(9-13(18)10-16)21(19,20)17-12-5-7-15(2,3)8-6-12/h9,11-12,17H,4-8,10,16H2,1-3H3. The molecule has 1 saturated carbocycles. The molecule has 0 amide bonds. The fraction of sp³-hybridized carbons (Fsp3) is 0.733. The van der Waals surface area contributed by atoms with Crippen molar-refractivity contribution in [2.75, 3.05) is 0 Å². The molecule has 0 radical (unpaired) electrons. The van der Waals surface area contributed by atoms with Crippen LogP contribution < -0.4 is 10.5 Å². The highest BCUT2D eigenvalue weighted by molar-refractivity contribution is 7.89. The number of nitrogens with two attached hydrogens (primary N) is 1. The number of rotatable bonds is 5. The van der Waals surface area contributed by atoms with Gasteiger partial charge >= 0.3 is 0 Å². The van der Waals surface area contributed by atoms with Gasteiger partial charge in [0.25, 0.3) is 0 Å². The molecule has 6 heteroatoms. The van der Waals surface area contributed by atoms with Gasteiger partial charge in [-0.25, -0.2) is 13.1 Å². The summed E-state index contributed by atoms with van der Waals surface area (Å²) in [4.78, 5) is 0.328. The molecule has 0 bridgehead atoms. The summed E-state index contributed by atoms with van der Waals surface area (Å²) in [6.07, 6.45) is 5.61. The Morgan fingerprint density at radius 3 is 2.48 bits per heavy atom. The molecule has 0 aliphatic heterocycles. The Hall–Kier alpha value is -0.850. The third-order valence-corrected chi connectivity index (χ3v) is 5.97. The second-order valence-electron chi connectivity index (χ2n) is 6.72. The zero-order chi connectivity index (χ0) is 15.7. The molecule has 1 aromatic rings. The van der Waals surface area contributed by atoms with Crippen LogP contribution >= 0.6 is 0 Å². The Labute approximate surface area is 128 Å². The van der Waals surface area contributed by atoms with E-state index in [1.165, 1.54) is 0 Å². The smallest absolute Gasteiger partial charge is 0.242 e. The van der Waals surface area contributed by atoms with Gasteiger partial charge in [-0.1, -0.05) is 13.8 Å². The lowest BCUT2D eigenvalue weighted by Crippen LogP contribution is -2.39. The van der Waals surface area contributed by atoms with E-state index >= 15 is 0 Å². The van der Waals surface area contributed by atoms with Crippen LogP contribution in [0.2, 0.25) is 0 Å². The molecule has 0 unspecified atom stereocenters. The summed E-state index contributed by atoms with van der Waals surface area (Å²) in [7, 11) is -3.45. The van der Waals surface area contributed by atoms with E-state index in [-0.39, 0.29) is 6.04 Å². The van der Waals surface area contributed by atoms with E-state index in [1.54, 1.807) is 12.3 Å². The van der Waals surface area contributed by atoms with Gasteiger partial charge in [-0.2, -0.15) is 0 Å². The van der Waals surface area contributed by atoms with Gasteiger partial charge < -0.3 is 10.3 Å². The summed E-state index contributed by atoms with van der Waals surface area (Å²) in [6, 6.07) is 1.73. The lowest BCUT2D eigenvalue weighted by atomic mass is 9.76. The lowest BCUT2D eigenvalue weighted by Gasteiger charge is -2.34. The first-order valence-electron chi connectivity index (χ1n) is 7.69. The predicted octanol–water partition coefficient (Wildman–Crippen LogP) is 2.21. The van der Waals surface area contributed by atoms with Gasteiger partial charge in [0.1, 0.15) is 0 Å².